The Kier molecular flexibility index (Phi) is 4.08. The highest BCUT2D eigenvalue weighted by Gasteiger charge is 2.37. The van der Waals surface area contributed by atoms with E-state index in [1.54, 1.807) is 13.8 Å². The maximum Gasteiger partial charge on any atom is 0.416 e. The molecule has 0 aliphatic rings. The fourth-order valence-electron chi connectivity index (χ4n) is 1.58. The van der Waals surface area contributed by atoms with Crippen molar-refractivity contribution in [2.24, 2.45) is 0 Å². The van der Waals surface area contributed by atoms with Crippen molar-refractivity contribution < 1.29 is 22.0 Å². The van der Waals surface area contributed by atoms with Crippen LogP contribution in [0.2, 0.25) is 0 Å². The average molecular weight is 278 g/mol. The third-order valence-corrected chi connectivity index (χ3v) is 2.85. The van der Waals surface area contributed by atoms with E-state index in [2.05, 4.69) is 6.58 Å². The van der Waals surface area contributed by atoms with Gasteiger partial charge in [-0.2, -0.15) is 22.0 Å². The van der Waals surface area contributed by atoms with Crippen LogP contribution in [0, 0.1) is 0 Å². The highest BCUT2D eigenvalue weighted by molar-refractivity contribution is 5.38. The predicted molar refractivity (Wildman–Crippen MR) is 64.2 cm³/mol. The molecule has 0 radical (unpaired) electrons. The molecular weight excluding hydrogens is 263 g/mol. The maximum absolute atomic E-state index is 13.8. The molecule has 0 aromatic heterocycles. The molecule has 0 aliphatic heterocycles. The molecule has 0 bridgehead atoms. The molecule has 0 amide bonds. The monoisotopic (exact) mass is 278 g/mol. The molecule has 0 fully saturated rings. The van der Waals surface area contributed by atoms with Crippen LogP contribution in [-0.4, -0.2) is 0 Å². The largest absolute Gasteiger partial charge is 0.416 e. The molecule has 106 valence electrons. The second-order valence-corrected chi connectivity index (χ2v) is 4.85. The Balaban J connectivity index is 3.50. The van der Waals surface area contributed by atoms with Crippen LogP contribution in [0.25, 0.3) is 0 Å². The highest BCUT2D eigenvalue weighted by Crippen LogP contribution is 2.39. The van der Waals surface area contributed by atoms with Gasteiger partial charge in [-0.1, -0.05) is 20.4 Å². The van der Waals surface area contributed by atoms with E-state index in [0.29, 0.717) is 6.07 Å². The maximum atomic E-state index is 13.8. The van der Waals surface area contributed by atoms with E-state index in [1.807, 2.05) is 0 Å². The average Bonchev–Trinajstić information content (AvgIpc) is 2.26. The van der Waals surface area contributed by atoms with Gasteiger partial charge in [0, 0.05) is 5.56 Å². The number of allylic oxidation sites excluding steroid dienone is 1. The Hall–Kier alpha value is -1.39. The third kappa shape index (κ3) is 3.33. The second kappa shape index (κ2) is 4.94. The van der Waals surface area contributed by atoms with Crippen molar-refractivity contribution in [3.63, 3.8) is 0 Å². The van der Waals surface area contributed by atoms with Crippen molar-refractivity contribution in [3.05, 3.63) is 47.0 Å². The Morgan fingerprint density at radius 3 is 1.84 bits per heavy atom. The summed E-state index contributed by atoms with van der Waals surface area (Å²) < 4.78 is 65.8. The number of halogens is 5. The van der Waals surface area contributed by atoms with E-state index in [1.165, 1.54) is 0 Å². The van der Waals surface area contributed by atoms with Gasteiger partial charge in [0.25, 0.3) is 5.92 Å². The van der Waals surface area contributed by atoms with Crippen LogP contribution in [-0.2, 0) is 12.1 Å². The molecule has 0 unspecified atom stereocenters. The lowest BCUT2D eigenvalue weighted by atomic mass is 9.93. The first-order chi connectivity index (χ1) is 8.46. The van der Waals surface area contributed by atoms with Crippen LogP contribution in [0.15, 0.2) is 30.4 Å². The first-order valence-electron chi connectivity index (χ1n) is 5.72. The van der Waals surface area contributed by atoms with Crippen molar-refractivity contribution >= 4 is 0 Å². The van der Waals surface area contributed by atoms with Crippen LogP contribution in [0.1, 0.15) is 43.4 Å². The fourth-order valence-corrected chi connectivity index (χ4v) is 1.58. The molecule has 5 heteroatoms. The van der Waals surface area contributed by atoms with Gasteiger partial charge < -0.3 is 0 Å². The summed E-state index contributed by atoms with van der Waals surface area (Å²) in [6, 6.07) is 2.50. The molecule has 0 atom stereocenters. The number of hydrogen-bond acceptors (Lipinski definition) is 0. The molecule has 0 nitrogen and oxygen atoms in total. The molecule has 1 aromatic rings. The SMILES string of the molecule is C=C(C)C(F)(F)c1cc(C(C)C)cc(C(F)(F)F)c1. The van der Waals surface area contributed by atoms with Gasteiger partial charge in [-0.25, -0.2) is 0 Å². The summed E-state index contributed by atoms with van der Waals surface area (Å²) in [5.41, 5.74) is -1.99. The van der Waals surface area contributed by atoms with Crippen molar-refractivity contribution in [2.45, 2.75) is 38.8 Å². The van der Waals surface area contributed by atoms with Crippen LogP contribution in [0.3, 0.4) is 0 Å². The van der Waals surface area contributed by atoms with E-state index >= 15 is 0 Å². The first kappa shape index (κ1) is 15.7. The summed E-state index contributed by atoms with van der Waals surface area (Å²) in [6.45, 7) is 7.53. The lowest BCUT2D eigenvalue weighted by molar-refractivity contribution is -0.137. The van der Waals surface area contributed by atoms with Gasteiger partial charge in [-0.3, -0.25) is 0 Å². The van der Waals surface area contributed by atoms with Crippen molar-refractivity contribution in [3.8, 4) is 0 Å². The third-order valence-electron chi connectivity index (χ3n) is 2.85. The van der Waals surface area contributed by atoms with E-state index in [0.717, 1.165) is 19.1 Å². The Labute approximate surface area is 108 Å². The number of benzene rings is 1. The Bertz CT molecular complexity index is 483. The van der Waals surface area contributed by atoms with Crippen molar-refractivity contribution in [1.82, 2.24) is 0 Å². The first-order valence-corrected chi connectivity index (χ1v) is 5.72. The Morgan fingerprint density at radius 2 is 1.47 bits per heavy atom. The smallest absolute Gasteiger partial charge is 0.196 e. The van der Waals surface area contributed by atoms with Crippen LogP contribution < -0.4 is 0 Å². The quantitative estimate of drug-likeness (QED) is 0.506. The number of hydrogen-bond donors (Lipinski definition) is 0. The van der Waals surface area contributed by atoms with E-state index < -0.39 is 28.8 Å². The van der Waals surface area contributed by atoms with Crippen molar-refractivity contribution in [2.75, 3.05) is 0 Å². The lowest BCUT2D eigenvalue weighted by Gasteiger charge is -2.20. The minimum absolute atomic E-state index is 0.228. The van der Waals surface area contributed by atoms with Crippen molar-refractivity contribution in [1.29, 1.82) is 0 Å². The van der Waals surface area contributed by atoms with Crippen LogP contribution in [0.4, 0.5) is 22.0 Å². The summed E-state index contributed by atoms with van der Waals surface area (Å²) in [7, 11) is 0. The Morgan fingerprint density at radius 1 is 1.00 bits per heavy atom. The van der Waals surface area contributed by atoms with Crippen LogP contribution in [0.5, 0.6) is 0 Å². The number of alkyl halides is 5. The standard InChI is InChI=1S/C14H15F5/c1-8(2)10-5-11(13(15,16)9(3)4)7-12(6-10)14(17,18)19/h5-8H,3H2,1-2,4H3. The lowest BCUT2D eigenvalue weighted by Crippen LogP contribution is -2.17. The fraction of sp³-hybridized carbons (Fsp3) is 0.429. The zero-order valence-corrected chi connectivity index (χ0v) is 10.9. The van der Waals surface area contributed by atoms with Gasteiger partial charge >= 0.3 is 6.18 Å². The summed E-state index contributed by atoms with van der Waals surface area (Å²) >= 11 is 0. The van der Waals surface area contributed by atoms with Gasteiger partial charge in [0.1, 0.15) is 0 Å². The molecule has 0 heterocycles. The zero-order chi connectivity index (χ0) is 15.0. The van der Waals surface area contributed by atoms with Crippen LogP contribution >= 0.6 is 0 Å². The predicted octanol–water partition coefficient (Wildman–Crippen LogP) is 5.50. The molecule has 1 rings (SSSR count). The molecule has 0 saturated carbocycles. The molecular formula is C14H15F5. The number of rotatable bonds is 3. The molecule has 1 aromatic carbocycles. The summed E-state index contributed by atoms with van der Waals surface area (Å²) in [5, 5.41) is 0. The molecule has 0 spiro atoms. The van der Waals surface area contributed by atoms with Gasteiger partial charge in [-0.05, 0) is 42.2 Å². The van der Waals surface area contributed by atoms with Gasteiger partial charge in [-0.15, -0.1) is 0 Å². The minimum atomic E-state index is -4.65. The summed E-state index contributed by atoms with van der Waals surface area (Å²) in [4.78, 5) is 0. The molecule has 19 heavy (non-hydrogen) atoms. The summed E-state index contributed by atoms with van der Waals surface area (Å²) in [5.74, 6) is -3.74. The van der Waals surface area contributed by atoms with E-state index in [-0.39, 0.29) is 11.5 Å². The summed E-state index contributed by atoms with van der Waals surface area (Å²) in [6.07, 6.45) is -4.65. The normalized spacial score (nSPS) is 12.9. The highest BCUT2D eigenvalue weighted by atomic mass is 19.4. The topological polar surface area (TPSA) is 0 Å². The van der Waals surface area contributed by atoms with Gasteiger partial charge in [0.15, 0.2) is 0 Å². The zero-order valence-electron chi connectivity index (χ0n) is 10.9. The molecule has 0 N–H and O–H groups in total. The van der Waals surface area contributed by atoms with Gasteiger partial charge in [0.05, 0.1) is 5.56 Å². The molecule has 0 saturated heterocycles. The minimum Gasteiger partial charge on any atom is -0.196 e. The van der Waals surface area contributed by atoms with Gasteiger partial charge in [0.2, 0.25) is 0 Å². The second-order valence-electron chi connectivity index (χ2n) is 4.85. The van der Waals surface area contributed by atoms with E-state index in [9.17, 15) is 22.0 Å². The van der Waals surface area contributed by atoms with E-state index in [4.69, 9.17) is 0 Å². The molecule has 0 aliphatic carbocycles.